The molecule has 6 rings (SSSR count). The van der Waals surface area contributed by atoms with E-state index in [4.69, 9.17) is 9.47 Å². The molecule has 5 N–H and O–H groups in total. The maximum atomic E-state index is 13.4. The Balaban J connectivity index is 0.000000204. The van der Waals surface area contributed by atoms with Gasteiger partial charge in [-0.25, -0.2) is 4.39 Å². The summed E-state index contributed by atoms with van der Waals surface area (Å²) < 4.78 is 25.0. The summed E-state index contributed by atoms with van der Waals surface area (Å²) in [6.07, 6.45) is 7.35. The zero-order valence-electron chi connectivity index (χ0n) is 30.1. The molecule has 9 nitrogen and oxygen atoms in total. The van der Waals surface area contributed by atoms with Crippen molar-refractivity contribution in [2.75, 3.05) is 26.3 Å². The van der Waals surface area contributed by atoms with Gasteiger partial charge < -0.3 is 35.4 Å². The number of carbonyl (C=O) groups is 2. The van der Waals surface area contributed by atoms with Crippen molar-refractivity contribution in [2.24, 2.45) is 17.8 Å². The van der Waals surface area contributed by atoms with Gasteiger partial charge in [-0.15, -0.1) is 0 Å². The average molecular weight is 727 g/mol. The molecular formula is C43H51FN2O7. The number of nitrogens with one attached hydrogen (secondary N) is 2. The van der Waals surface area contributed by atoms with Gasteiger partial charge in [0.1, 0.15) is 11.5 Å². The van der Waals surface area contributed by atoms with Gasteiger partial charge in [-0.2, -0.15) is 0 Å². The lowest BCUT2D eigenvalue weighted by Gasteiger charge is -2.36. The van der Waals surface area contributed by atoms with Crippen LogP contribution < -0.4 is 15.4 Å². The van der Waals surface area contributed by atoms with E-state index in [0.29, 0.717) is 49.4 Å². The van der Waals surface area contributed by atoms with Crippen LogP contribution in [0.4, 0.5) is 4.39 Å². The van der Waals surface area contributed by atoms with Crippen molar-refractivity contribution in [1.82, 2.24) is 10.6 Å². The van der Waals surface area contributed by atoms with Gasteiger partial charge in [0.2, 0.25) is 0 Å². The normalized spacial score (nSPS) is 21.1. The zero-order chi connectivity index (χ0) is 37.5. The molecule has 4 aromatic rings. The monoisotopic (exact) mass is 726 g/mol. The van der Waals surface area contributed by atoms with Crippen LogP contribution in [0.5, 0.6) is 17.2 Å². The predicted molar refractivity (Wildman–Crippen MR) is 201 cm³/mol. The number of rotatable bonds is 13. The average Bonchev–Trinajstić information content (AvgIpc) is 3.19. The highest BCUT2D eigenvalue weighted by Crippen LogP contribution is 2.32. The first-order valence-electron chi connectivity index (χ1n) is 18.5. The fraction of sp³-hybridized carbons (Fsp3) is 0.395. The Bertz CT molecular complexity index is 1710. The van der Waals surface area contributed by atoms with Crippen LogP contribution in [-0.4, -0.2) is 59.0 Å². The Labute approximate surface area is 311 Å². The molecule has 4 aromatic carbocycles. The molecule has 0 heterocycles. The highest BCUT2D eigenvalue weighted by molar-refractivity contribution is 5.94. The molecule has 2 saturated carbocycles. The van der Waals surface area contributed by atoms with Crippen LogP contribution in [0.1, 0.15) is 77.6 Å². The number of aromatic hydroxyl groups is 2. The molecule has 0 aromatic heterocycles. The number of para-hydroxylation sites is 1. The van der Waals surface area contributed by atoms with Crippen LogP contribution in [0.15, 0.2) is 103 Å². The van der Waals surface area contributed by atoms with Crippen LogP contribution in [-0.2, 0) is 11.3 Å². The zero-order valence-corrected chi connectivity index (χ0v) is 30.1. The molecule has 2 aliphatic carbocycles. The minimum atomic E-state index is -0.964. The van der Waals surface area contributed by atoms with E-state index >= 15 is 0 Å². The summed E-state index contributed by atoms with van der Waals surface area (Å²) in [6.45, 7) is 2.95. The molecule has 0 aliphatic heterocycles. The van der Waals surface area contributed by atoms with Gasteiger partial charge in [0.25, 0.3) is 11.8 Å². The Morgan fingerprint density at radius 2 is 1.28 bits per heavy atom. The lowest BCUT2D eigenvalue weighted by molar-refractivity contribution is -0.0129. The van der Waals surface area contributed by atoms with Gasteiger partial charge in [-0.05, 0) is 129 Å². The number of benzene rings is 4. The number of aliphatic hydroxyl groups is 1. The molecule has 0 radical (unpaired) electrons. The molecule has 282 valence electrons. The fourth-order valence-electron chi connectivity index (χ4n) is 6.76. The summed E-state index contributed by atoms with van der Waals surface area (Å²) in [5.74, 6) is 0.661. The third-order valence-electron chi connectivity index (χ3n) is 10.2. The first-order chi connectivity index (χ1) is 25.7. The highest BCUT2D eigenvalue weighted by Gasteiger charge is 2.34. The summed E-state index contributed by atoms with van der Waals surface area (Å²) in [5.41, 5.74) is 0.955. The van der Waals surface area contributed by atoms with E-state index in [0.717, 1.165) is 69.6 Å². The van der Waals surface area contributed by atoms with Crippen molar-refractivity contribution in [1.29, 1.82) is 0 Å². The van der Waals surface area contributed by atoms with Crippen molar-refractivity contribution >= 4 is 11.8 Å². The lowest BCUT2D eigenvalue weighted by Crippen LogP contribution is -2.45. The Morgan fingerprint density at radius 1 is 0.698 bits per heavy atom. The third-order valence-corrected chi connectivity index (χ3v) is 10.2. The van der Waals surface area contributed by atoms with Crippen LogP contribution >= 0.6 is 0 Å². The van der Waals surface area contributed by atoms with Gasteiger partial charge in [0, 0.05) is 30.8 Å². The molecule has 2 fully saturated rings. The maximum Gasteiger partial charge on any atom is 0.251 e. The quantitative estimate of drug-likeness (QED) is 0.0968. The van der Waals surface area contributed by atoms with Gasteiger partial charge in [0.15, 0.2) is 11.6 Å². The van der Waals surface area contributed by atoms with Crippen molar-refractivity contribution < 1.29 is 38.8 Å². The van der Waals surface area contributed by atoms with E-state index in [2.05, 4.69) is 22.8 Å². The van der Waals surface area contributed by atoms with E-state index < -0.39 is 23.1 Å². The second-order valence-electron chi connectivity index (χ2n) is 14.3. The predicted octanol–water partition coefficient (Wildman–Crippen LogP) is 7.41. The first-order valence-corrected chi connectivity index (χ1v) is 18.5. The van der Waals surface area contributed by atoms with E-state index in [1.54, 1.807) is 12.1 Å². The van der Waals surface area contributed by atoms with E-state index in [1.165, 1.54) is 23.8 Å². The van der Waals surface area contributed by atoms with E-state index in [9.17, 15) is 29.3 Å². The second kappa shape index (κ2) is 19.8. The molecular weight excluding hydrogens is 675 g/mol. The first kappa shape index (κ1) is 39.3. The standard InChI is InChI=1S/C22H27NO3.C21H24FNO4/c24-21-12-10-20(11-13-21)22(25)23-14-17-6-8-19(9-7-17)16-26-15-18-4-2-1-3-5-18;22-18-12-16(6-7-19(18)24)20(25)23-14-21(26)10-8-15(9-11-21)13-27-17-4-2-1-3-5-17/h1-5,10-13,17,19,24H,6-9,14-16H2,(H,23,25);1-7,12,15,24,26H,8-11,13-14H2,(H,23,25). The number of phenolic OH excluding ortho intramolecular Hbond substituents is 2. The lowest BCUT2D eigenvalue weighted by atomic mass is 9.79. The molecule has 2 amide bonds. The molecule has 0 saturated heterocycles. The maximum absolute atomic E-state index is 13.4. The summed E-state index contributed by atoms with van der Waals surface area (Å²) >= 11 is 0. The van der Waals surface area contributed by atoms with Gasteiger partial charge >= 0.3 is 0 Å². The largest absolute Gasteiger partial charge is 0.508 e. The molecule has 2 aliphatic rings. The van der Waals surface area contributed by atoms with Crippen LogP contribution in [0.3, 0.4) is 0 Å². The number of hydrogen-bond acceptors (Lipinski definition) is 7. The number of phenols is 2. The summed E-state index contributed by atoms with van der Waals surface area (Å²) in [6, 6.07) is 29.7. The SMILES string of the molecule is O=C(NCC1(O)CCC(COc2ccccc2)CC1)c1ccc(O)c(F)c1.O=C(NCC1CCC(COCc2ccccc2)CC1)c1ccc(O)cc1. The van der Waals surface area contributed by atoms with Crippen molar-refractivity contribution in [3.05, 3.63) is 126 Å². The van der Waals surface area contributed by atoms with Crippen molar-refractivity contribution in [3.8, 4) is 17.2 Å². The number of ether oxygens (including phenoxy) is 2. The summed E-state index contributed by atoms with van der Waals surface area (Å²) in [7, 11) is 0. The van der Waals surface area contributed by atoms with Crippen molar-refractivity contribution in [2.45, 2.75) is 63.6 Å². The molecule has 0 bridgehead atoms. The Morgan fingerprint density at radius 3 is 1.94 bits per heavy atom. The molecule has 0 unspecified atom stereocenters. The smallest absolute Gasteiger partial charge is 0.251 e. The topological polar surface area (TPSA) is 137 Å². The van der Waals surface area contributed by atoms with Gasteiger partial charge in [-0.3, -0.25) is 9.59 Å². The fourth-order valence-corrected chi connectivity index (χ4v) is 6.76. The van der Waals surface area contributed by atoms with Crippen molar-refractivity contribution in [3.63, 3.8) is 0 Å². The minimum Gasteiger partial charge on any atom is -0.508 e. The molecule has 53 heavy (non-hydrogen) atoms. The number of hydrogen-bond donors (Lipinski definition) is 5. The highest BCUT2D eigenvalue weighted by atomic mass is 19.1. The Hall–Kier alpha value is -4.93. The van der Waals surface area contributed by atoms with Gasteiger partial charge in [-0.1, -0.05) is 48.5 Å². The molecule has 0 spiro atoms. The molecule has 0 atom stereocenters. The van der Waals surface area contributed by atoms with Crippen LogP contribution in [0.2, 0.25) is 0 Å². The molecule has 10 heteroatoms. The summed E-state index contributed by atoms with van der Waals surface area (Å²) in [4.78, 5) is 24.3. The number of carbonyl (C=O) groups excluding carboxylic acids is 2. The summed E-state index contributed by atoms with van der Waals surface area (Å²) in [5, 5.41) is 34.8. The number of amides is 2. The third kappa shape index (κ3) is 12.9. The van der Waals surface area contributed by atoms with Crippen LogP contribution in [0, 0.1) is 23.6 Å². The second-order valence-corrected chi connectivity index (χ2v) is 14.3. The van der Waals surface area contributed by atoms with Crippen LogP contribution in [0.25, 0.3) is 0 Å². The van der Waals surface area contributed by atoms with Gasteiger partial charge in [0.05, 0.1) is 18.8 Å². The minimum absolute atomic E-state index is 0.0710. The number of halogens is 1. The Kier molecular flexibility index (Phi) is 14.7. The van der Waals surface area contributed by atoms with E-state index in [-0.39, 0.29) is 23.8 Å². The van der Waals surface area contributed by atoms with E-state index in [1.807, 2.05) is 48.5 Å².